The molecule has 0 aromatic rings. The molecule has 0 aromatic carbocycles. The summed E-state index contributed by atoms with van der Waals surface area (Å²) in [6.45, 7) is 0. The fraction of sp³-hybridized carbons (Fsp3) is 0. The Bertz CT molecular complexity index is 34.6. The second-order valence-corrected chi connectivity index (χ2v) is 0.779. The third-order valence-corrected chi connectivity index (χ3v) is 0. The summed E-state index contributed by atoms with van der Waals surface area (Å²) in [5.41, 5.74) is 4.34. The Balaban J connectivity index is 0. The number of hydrogen-bond acceptors (Lipinski definition) is 1. The number of carbonyl (C=O) groups excluding carboxylic acids is 1. The van der Waals surface area contributed by atoms with Gasteiger partial charge in [-0.05, 0) is 0 Å². The van der Waals surface area contributed by atoms with Crippen molar-refractivity contribution in [3.63, 3.8) is 0 Å². The summed E-state index contributed by atoms with van der Waals surface area (Å²) < 4.78 is 0. The van der Waals surface area contributed by atoms with Crippen LogP contribution in [0.5, 0.6) is 0 Å². The minimum absolute atomic E-state index is 0. The molecular weight excluding hydrogens is 97.1 g/mol. The van der Waals surface area contributed by atoms with Crippen molar-refractivity contribution in [1.82, 2.24) is 0 Å². The molecule has 0 bridgehead atoms. The molecule has 2 nitrogen and oxygen atoms in total. The van der Waals surface area contributed by atoms with E-state index in [1.807, 2.05) is 0 Å². The Labute approximate surface area is 57.8 Å². The predicted octanol–water partition coefficient (Wildman–Crippen LogP) is -0.386. The second-order valence-electron chi connectivity index (χ2n) is 0.338. The molecule has 0 saturated carbocycles. The van der Waals surface area contributed by atoms with Gasteiger partial charge in [-0.1, -0.05) is 12.6 Å². The zero-order chi connectivity index (χ0) is 3.58. The van der Waals surface area contributed by atoms with Crippen LogP contribution in [0.15, 0.2) is 0 Å². The number of hydrogen-bond donors (Lipinski definition) is 2. The average Bonchev–Trinajstić information content (AvgIpc) is 0.811. The SMILES string of the molecule is NC(=O)S.[Na]. The van der Waals surface area contributed by atoms with Gasteiger partial charge in [-0.2, -0.15) is 0 Å². The van der Waals surface area contributed by atoms with E-state index in [1.54, 1.807) is 0 Å². The summed E-state index contributed by atoms with van der Waals surface area (Å²) in [5, 5.41) is -0.639. The van der Waals surface area contributed by atoms with Gasteiger partial charge in [0, 0.05) is 29.6 Å². The maximum Gasteiger partial charge on any atom is 0.273 e. The average molecular weight is 100 g/mol. The van der Waals surface area contributed by atoms with Gasteiger partial charge in [0.2, 0.25) is 0 Å². The van der Waals surface area contributed by atoms with E-state index in [1.165, 1.54) is 0 Å². The first-order valence-electron chi connectivity index (χ1n) is 0.716. The summed E-state index contributed by atoms with van der Waals surface area (Å²) in [6.07, 6.45) is 0. The van der Waals surface area contributed by atoms with Crippen LogP contribution in [0.25, 0.3) is 0 Å². The van der Waals surface area contributed by atoms with Crippen molar-refractivity contribution >= 4 is 47.4 Å². The number of amides is 1. The van der Waals surface area contributed by atoms with Crippen LogP contribution in [-0.2, 0) is 0 Å². The van der Waals surface area contributed by atoms with Gasteiger partial charge in [-0.25, -0.2) is 0 Å². The van der Waals surface area contributed by atoms with E-state index >= 15 is 0 Å². The molecule has 25 valence electrons. The van der Waals surface area contributed by atoms with Gasteiger partial charge in [0.1, 0.15) is 0 Å². The van der Waals surface area contributed by atoms with Gasteiger partial charge in [0.05, 0.1) is 0 Å². The molecule has 0 fully saturated rings. The molecule has 2 N–H and O–H groups in total. The topological polar surface area (TPSA) is 43.1 Å². The number of thiol groups is 1. The fourth-order valence-corrected chi connectivity index (χ4v) is 0. The first-order chi connectivity index (χ1) is 1.73. The minimum atomic E-state index is -0.639. The number of carbonyl (C=O) groups is 1. The summed E-state index contributed by atoms with van der Waals surface area (Å²) in [4.78, 5) is 9.09. The molecule has 5 heavy (non-hydrogen) atoms. The van der Waals surface area contributed by atoms with Crippen LogP contribution in [0.3, 0.4) is 0 Å². The minimum Gasteiger partial charge on any atom is -0.361 e. The third-order valence-electron chi connectivity index (χ3n) is 0. The van der Waals surface area contributed by atoms with Crippen LogP contribution in [0.4, 0.5) is 4.79 Å². The molecule has 0 aliphatic heterocycles. The van der Waals surface area contributed by atoms with Crippen molar-refractivity contribution in [2.75, 3.05) is 0 Å². The van der Waals surface area contributed by atoms with E-state index in [0.29, 0.717) is 0 Å². The normalized spacial score (nSPS) is 5.00. The van der Waals surface area contributed by atoms with Gasteiger partial charge < -0.3 is 5.73 Å². The van der Waals surface area contributed by atoms with Crippen LogP contribution in [0, 0.1) is 0 Å². The summed E-state index contributed by atoms with van der Waals surface area (Å²) in [7, 11) is 0. The van der Waals surface area contributed by atoms with Gasteiger partial charge in [-0.15, -0.1) is 0 Å². The van der Waals surface area contributed by atoms with Crippen molar-refractivity contribution in [2.45, 2.75) is 0 Å². The van der Waals surface area contributed by atoms with E-state index < -0.39 is 5.24 Å². The van der Waals surface area contributed by atoms with Crippen LogP contribution in [-0.4, -0.2) is 34.8 Å². The van der Waals surface area contributed by atoms with Crippen LogP contribution in [0.2, 0.25) is 0 Å². The largest absolute Gasteiger partial charge is 0.361 e. The van der Waals surface area contributed by atoms with E-state index in [2.05, 4.69) is 18.4 Å². The molecule has 1 radical (unpaired) electrons. The van der Waals surface area contributed by atoms with Gasteiger partial charge in [0.25, 0.3) is 5.24 Å². The summed E-state index contributed by atoms with van der Waals surface area (Å²) >= 11 is 3.10. The van der Waals surface area contributed by atoms with E-state index in [-0.39, 0.29) is 29.6 Å². The molecular formula is CH3NNaOS. The number of nitrogens with two attached hydrogens (primary N) is 1. The Morgan fingerprint density at radius 2 is 1.80 bits per heavy atom. The first-order valence-corrected chi connectivity index (χ1v) is 1.16. The number of rotatable bonds is 0. The molecule has 0 saturated heterocycles. The van der Waals surface area contributed by atoms with Gasteiger partial charge >= 0.3 is 0 Å². The molecule has 0 aromatic heterocycles. The molecule has 0 aliphatic carbocycles. The van der Waals surface area contributed by atoms with Crippen LogP contribution < -0.4 is 5.73 Å². The molecule has 0 atom stereocenters. The summed E-state index contributed by atoms with van der Waals surface area (Å²) in [5.74, 6) is 0. The van der Waals surface area contributed by atoms with Crippen molar-refractivity contribution < 1.29 is 4.79 Å². The quantitative estimate of drug-likeness (QED) is 0.316. The monoisotopic (exact) mass is 100.0 g/mol. The Morgan fingerprint density at radius 3 is 1.80 bits per heavy atom. The Morgan fingerprint density at radius 1 is 1.80 bits per heavy atom. The van der Waals surface area contributed by atoms with Crippen molar-refractivity contribution in [3.05, 3.63) is 0 Å². The van der Waals surface area contributed by atoms with Gasteiger partial charge in [0.15, 0.2) is 0 Å². The van der Waals surface area contributed by atoms with Crippen LogP contribution in [0.1, 0.15) is 0 Å². The zero-order valence-corrected chi connectivity index (χ0v) is 5.83. The predicted molar refractivity (Wildman–Crippen MR) is 24.3 cm³/mol. The molecule has 0 unspecified atom stereocenters. The molecule has 4 heteroatoms. The molecule has 0 heterocycles. The van der Waals surface area contributed by atoms with Gasteiger partial charge in [-0.3, -0.25) is 4.79 Å². The van der Waals surface area contributed by atoms with E-state index in [0.717, 1.165) is 0 Å². The number of primary amides is 1. The Hall–Kier alpha value is 0.820. The van der Waals surface area contributed by atoms with Crippen molar-refractivity contribution in [3.8, 4) is 0 Å². The smallest absolute Gasteiger partial charge is 0.273 e. The fourth-order valence-electron chi connectivity index (χ4n) is 0. The molecule has 0 rings (SSSR count). The maximum atomic E-state index is 9.09. The maximum absolute atomic E-state index is 9.09. The Kier molecular flexibility index (Phi) is 8.93. The standard InChI is InChI=1S/CH3NOS.Na/c2-1(3)4;/h(H3,2,3,4);. The van der Waals surface area contributed by atoms with E-state index in [9.17, 15) is 0 Å². The third kappa shape index (κ3) is 57.0. The summed E-state index contributed by atoms with van der Waals surface area (Å²) in [6, 6.07) is 0. The van der Waals surface area contributed by atoms with E-state index in [4.69, 9.17) is 4.79 Å². The van der Waals surface area contributed by atoms with Crippen molar-refractivity contribution in [2.24, 2.45) is 5.73 Å². The molecule has 0 spiro atoms. The second kappa shape index (κ2) is 4.82. The first kappa shape index (κ1) is 9.27. The molecule has 1 amide bonds. The van der Waals surface area contributed by atoms with Crippen molar-refractivity contribution in [1.29, 1.82) is 0 Å². The zero-order valence-electron chi connectivity index (χ0n) is 2.93. The van der Waals surface area contributed by atoms with Crippen LogP contribution >= 0.6 is 12.6 Å². The molecule has 0 aliphatic rings.